The first-order valence-electron chi connectivity index (χ1n) is 9.82. The highest BCUT2D eigenvalue weighted by molar-refractivity contribution is 5.96. The van der Waals surface area contributed by atoms with Crippen molar-refractivity contribution >= 4 is 17.5 Å². The highest BCUT2D eigenvalue weighted by Gasteiger charge is 2.42. The highest BCUT2D eigenvalue weighted by atomic mass is 16.2. The Morgan fingerprint density at radius 1 is 1.15 bits per heavy atom. The zero-order valence-corrected chi connectivity index (χ0v) is 15.9. The standard InChI is InChI=1S/C21H31N3O2/c1-14-5-8-18(11-15(14)2)24-20(26)21(9-3-4-10-21)13-23-19(25)16-6-7-17(22)12-16/h5,8,11,16-17H,3-4,6-7,9-10,12-13,22H2,1-2H3,(H,23,25)(H,24,26). The molecule has 2 amide bonds. The van der Waals surface area contributed by atoms with E-state index in [0.29, 0.717) is 6.54 Å². The lowest BCUT2D eigenvalue weighted by atomic mass is 9.84. The van der Waals surface area contributed by atoms with Gasteiger partial charge in [0, 0.05) is 24.2 Å². The normalized spacial score (nSPS) is 24.4. The van der Waals surface area contributed by atoms with E-state index in [2.05, 4.69) is 17.6 Å². The first-order valence-corrected chi connectivity index (χ1v) is 9.82. The molecule has 0 bridgehead atoms. The fourth-order valence-electron chi connectivity index (χ4n) is 4.27. The second-order valence-electron chi connectivity index (χ2n) is 8.23. The summed E-state index contributed by atoms with van der Waals surface area (Å²) in [5.74, 6) is 0.0937. The van der Waals surface area contributed by atoms with E-state index in [1.54, 1.807) is 0 Å². The number of nitrogens with two attached hydrogens (primary N) is 1. The van der Waals surface area contributed by atoms with Crippen LogP contribution in [0.25, 0.3) is 0 Å². The minimum Gasteiger partial charge on any atom is -0.355 e. The molecule has 0 aromatic heterocycles. The summed E-state index contributed by atoms with van der Waals surface area (Å²) in [6, 6.07) is 6.12. The summed E-state index contributed by atoms with van der Waals surface area (Å²) >= 11 is 0. The molecule has 4 N–H and O–H groups in total. The maximum atomic E-state index is 13.0. The first-order chi connectivity index (χ1) is 12.4. The van der Waals surface area contributed by atoms with E-state index in [9.17, 15) is 9.59 Å². The van der Waals surface area contributed by atoms with Gasteiger partial charge in [0.2, 0.25) is 11.8 Å². The molecule has 2 fully saturated rings. The molecule has 0 saturated heterocycles. The van der Waals surface area contributed by atoms with Gasteiger partial charge in [0.25, 0.3) is 0 Å². The van der Waals surface area contributed by atoms with E-state index >= 15 is 0 Å². The summed E-state index contributed by atoms with van der Waals surface area (Å²) in [6.07, 6.45) is 6.25. The number of carbonyl (C=O) groups is 2. The third-order valence-corrected chi connectivity index (χ3v) is 6.25. The van der Waals surface area contributed by atoms with Crippen LogP contribution in [-0.4, -0.2) is 24.4 Å². The van der Waals surface area contributed by atoms with Crippen molar-refractivity contribution in [1.82, 2.24) is 5.32 Å². The number of nitrogens with one attached hydrogen (secondary N) is 2. The summed E-state index contributed by atoms with van der Waals surface area (Å²) < 4.78 is 0. The summed E-state index contributed by atoms with van der Waals surface area (Å²) in [5, 5.41) is 6.14. The maximum absolute atomic E-state index is 13.0. The molecular formula is C21H31N3O2. The Morgan fingerprint density at radius 3 is 2.50 bits per heavy atom. The average Bonchev–Trinajstić information content (AvgIpc) is 3.26. The molecule has 0 spiro atoms. The Balaban J connectivity index is 1.64. The van der Waals surface area contributed by atoms with Crippen molar-refractivity contribution in [3.05, 3.63) is 29.3 Å². The SMILES string of the molecule is Cc1ccc(NC(=O)C2(CNC(=O)C3CCC(N)C3)CCCC2)cc1C. The van der Waals surface area contributed by atoms with Crippen molar-refractivity contribution in [1.29, 1.82) is 0 Å². The van der Waals surface area contributed by atoms with E-state index < -0.39 is 5.41 Å². The molecule has 1 aromatic carbocycles. The second-order valence-corrected chi connectivity index (χ2v) is 8.23. The zero-order chi connectivity index (χ0) is 18.7. The van der Waals surface area contributed by atoms with Crippen LogP contribution in [-0.2, 0) is 9.59 Å². The Labute approximate surface area is 156 Å². The van der Waals surface area contributed by atoms with Crippen LogP contribution in [0.2, 0.25) is 0 Å². The van der Waals surface area contributed by atoms with Gasteiger partial charge in [-0.05, 0) is 69.2 Å². The topological polar surface area (TPSA) is 84.2 Å². The van der Waals surface area contributed by atoms with Crippen molar-refractivity contribution in [2.24, 2.45) is 17.1 Å². The van der Waals surface area contributed by atoms with E-state index in [4.69, 9.17) is 5.73 Å². The summed E-state index contributed by atoms with van der Waals surface area (Å²) in [4.78, 5) is 25.5. The van der Waals surface area contributed by atoms with Gasteiger partial charge < -0.3 is 16.4 Å². The summed E-state index contributed by atoms with van der Waals surface area (Å²) in [7, 11) is 0. The third kappa shape index (κ3) is 4.09. The molecule has 0 heterocycles. The van der Waals surface area contributed by atoms with Crippen LogP contribution in [0.15, 0.2) is 18.2 Å². The zero-order valence-electron chi connectivity index (χ0n) is 15.9. The lowest BCUT2D eigenvalue weighted by Gasteiger charge is -2.28. The van der Waals surface area contributed by atoms with Crippen LogP contribution < -0.4 is 16.4 Å². The molecule has 2 unspecified atom stereocenters. The van der Waals surface area contributed by atoms with Crippen molar-refractivity contribution in [3.63, 3.8) is 0 Å². The minimum absolute atomic E-state index is 0.00580. The number of hydrogen-bond donors (Lipinski definition) is 3. The van der Waals surface area contributed by atoms with Gasteiger partial charge >= 0.3 is 0 Å². The molecule has 0 radical (unpaired) electrons. The molecule has 2 atom stereocenters. The van der Waals surface area contributed by atoms with Crippen molar-refractivity contribution in [3.8, 4) is 0 Å². The van der Waals surface area contributed by atoms with Crippen LogP contribution in [0.3, 0.4) is 0 Å². The van der Waals surface area contributed by atoms with Gasteiger partial charge in [-0.1, -0.05) is 18.9 Å². The molecule has 2 aliphatic rings. The Kier molecular flexibility index (Phi) is 5.66. The quantitative estimate of drug-likeness (QED) is 0.757. The Bertz CT molecular complexity index is 680. The van der Waals surface area contributed by atoms with Gasteiger partial charge in [-0.3, -0.25) is 9.59 Å². The number of aryl methyl sites for hydroxylation is 2. The van der Waals surface area contributed by atoms with Gasteiger partial charge in [0.15, 0.2) is 0 Å². The van der Waals surface area contributed by atoms with Crippen molar-refractivity contribution in [2.75, 3.05) is 11.9 Å². The Morgan fingerprint density at radius 2 is 1.88 bits per heavy atom. The largest absolute Gasteiger partial charge is 0.355 e. The number of hydrogen-bond acceptors (Lipinski definition) is 3. The summed E-state index contributed by atoms with van der Waals surface area (Å²) in [5.41, 5.74) is 8.63. The average molecular weight is 357 g/mol. The maximum Gasteiger partial charge on any atom is 0.232 e. The number of carbonyl (C=O) groups excluding carboxylic acids is 2. The fourth-order valence-corrected chi connectivity index (χ4v) is 4.27. The van der Waals surface area contributed by atoms with E-state index in [0.717, 1.165) is 56.2 Å². The summed E-state index contributed by atoms with van der Waals surface area (Å²) in [6.45, 7) is 4.53. The van der Waals surface area contributed by atoms with Crippen molar-refractivity contribution in [2.45, 2.75) is 64.8 Å². The van der Waals surface area contributed by atoms with Crippen LogP contribution in [0, 0.1) is 25.2 Å². The lowest BCUT2D eigenvalue weighted by Crippen LogP contribution is -2.45. The molecule has 2 saturated carbocycles. The third-order valence-electron chi connectivity index (χ3n) is 6.25. The first kappa shape index (κ1) is 18.9. The van der Waals surface area contributed by atoms with Crippen LogP contribution in [0.5, 0.6) is 0 Å². The molecule has 26 heavy (non-hydrogen) atoms. The number of amides is 2. The van der Waals surface area contributed by atoms with E-state index in [1.807, 2.05) is 25.1 Å². The van der Waals surface area contributed by atoms with Gasteiger partial charge in [0.1, 0.15) is 0 Å². The molecule has 2 aliphatic carbocycles. The van der Waals surface area contributed by atoms with E-state index in [1.165, 1.54) is 5.56 Å². The highest BCUT2D eigenvalue weighted by Crippen LogP contribution is 2.39. The number of anilines is 1. The smallest absolute Gasteiger partial charge is 0.232 e. The molecule has 5 heteroatoms. The van der Waals surface area contributed by atoms with Gasteiger partial charge in [-0.25, -0.2) is 0 Å². The lowest BCUT2D eigenvalue weighted by molar-refractivity contribution is -0.128. The number of rotatable bonds is 5. The number of benzene rings is 1. The molecular weight excluding hydrogens is 326 g/mol. The predicted molar refractivity (Wildman–Crippen MR) is 104 cm³/mol. The fraction of sp³-hybridized carbons (Fsp3) is 0.619. The predicted octanol–water partition coefficient (Wildman–Crippen LogP) is 3.05. The second kappa shape index (κ2) is 7.78. The molecule has 0 aliphatic heterocycles. The van der Waals surface area contributed by atoms with E-state index in [-0.39, 0.29) is 23.8 Å². The molecule has 3 rings (SSSR count). The Hall–Kier alpha value is -1.88. The van der Waals surface area contributed by atoms with Crippen molar-refractivity contribution < 1.29 is 9.59 Å². The van der Waals surface area contributed by atoms with Gasteiger partial charge in [0.05, 0.1) is 5.41 Å². The van der Waals surface area contributed by atoms with Gasteiger partial charge in [-0.15, -0.1) is 0 Å². The molecule has 1 aromatic rings. The van der Waals surface area contributed by atoms with Crippen LogP contribution in [0.1, 0.15) is 56.1 Å². The van der Waals surface area contributed by atoms with Crippen LogP contribution >= 0.6 is 0 Å². The molecule has 5 nitrogen and oxygen atoms in total. The monoisotopic (exact) mass is 357 g/mol. The molecule has 142 valence electrons. The minimum atomic E-state index is -0.491. The van der Waals surface area contributed by atoms with Gasteiger partial charge in [-0.2, -0.15) is 0 Å². The van der Waals surface area contributed by atoms with Crippen LogP contribution in [0.4, 0.5) is 5.69 Å².